The van der Waals surface area contributed by atoms with Gasteiger partial charge in [-0.2, -0.15) is 0 Å². The Morgan fingerprint density at radius 1 is 1.24 bits per heavy atom. The molecule has 0 radical (unpaired) electrons. The number of hydrogen-bond acceptors (Lipinski definition) is 1. The van der Waals surface area contributed by atoms with Crippen molar-refractivity contribution in [2.45, 2.75) is 39.0 Å². The maximum Gasteiger partial charge on any atom is 0.253 e. The van der Waals surface area contributed by atoms with Gasteiger partial charge in [-0.25, -0.2) is 0 Å². The molecule has 1 amide bonds. The van der Waals surface area contributed by atoms with Gasteiger partial charge in [0.15, 0.2) is 0 Å². The van der Waals surface area contributed by atoms with E-state index in [0.29, 0.717) is 5.92 Å². The van der Waals surface area contributed by atoms with Crippen LogP contribution in [-0.4, -0.2) is 24.9 Å². The van der Waals surface area contributed by atoms with Crippen molar-refractivity contribution in [3.63, 3.8) is 0 Å². The van der Waals surface area contributed by atoms with E-state index in [-0.39, 0.29) is 5.91 Å². The second-order valence-electron chi connectivity index (χ2n) is 4.68. The summed E-state index contributed by atoms with van der Waals surface area (Å²) in [6.07, 6.45) is 3.39. The highest BCUT2D eigenvalue weighted by atomic mass is 16.2. The number of rotatable bonds is 5. The monoisotopic (exact) mass is 233 g/mol. The highest BCUT2D eigenvalue weighted by Crippen LogP contribution is 2.28. The van der Waals surface area contributed by atoms with Crippen LogP contribution in [0, 0.1) is 0 Å². The zero-order valence-corrected chi connectivity index (χ0v) is 11.4. The molecule has 0 aliphatic heterocycles. The summed E-state index contributed by atoms with van der Waals surface area (Å²) >= 11 is 0. The highest BCUT2D eigenvalue weighted by Gasteiger charge is 2.17. The fraction of sp³-hybridized carbons (Fsp3) is 0.533. The van der Waals surface area contributed by atoms with E-state index in [4.69, 9.17) is 0 Å². The zero-order valence-electron chi connectivity index (χ0n) is 11.4. The molecule has 0 spiro atoms. The summed E-state index contributed by atoms with van der Waals surface area (Å²) in [7, 11) is 3.61. The van der Waals surface area contributed by atoms with Crippen molar-refractivity contribution in [3.8, 4) is 0 Å². The predicted molar refractivity (Wildman–Crippen MR) is 72.4 cm³/mol. The van der Waals surface area contributed by atoms with Gasteiger partial charge in [-0.15, -0.1) is 0 Å². The van der Waals surface area contributed by atoms with Crippen LogP contribution in [0.15, 0.2) is 24.3 Å². The minimum Gasteiger partial charge on any atom is -0.345 e. The van der Waals surface area contributed by atoms with E-state index in [1.807, 2.05) is 18.2 Å². The molecule has 1 unspecified atom stereocenters. The molecule has 1 atom stereocenters. The summed E-state index contributed by atoms with van der Waals surface area (Å²) in [5, 5.41) is 0. The second-order valence-corrected chi connectivity index (χ2v) is 4.68. The topological polar surface area (TPSA) is 20.3 Å². The van der Waals surface area contributed by atoms with Crippen LogP contribution in [0.1, 0.15) is 54.9 Å². The first-order valence-corrected chi connectivity index (χ1v) is 6.42. The SMILES string of the molecule is CCCC(CC)c1ccccc1C(=O)N(C)C. The smallest absolute Gasteiger partial charge is 0.253 e. The summed E-state index contributed by atoms with van der Waals surface area (Å²) in [6.45, 7) is 4.39. The van der Waals surface area contributed by atoms with Gasteiger partial charge in [0, 0.05) is 19.7 Å². The van der Waals surface area contributed by atoms with Gasteiger partial charge in [0.2, 0.25) is 0 Å². The first-order chi connectivity index (χ1) is 8.11. The lowest BCUT2D eigenvalue weighted by molar-refractivity contribution is 0.0826. The average Bonchev–Trinajstić information content (AvgIpc) is 2.35. The minimum absolute atomic E-state index is 0.107. The Morgan fingerprint density at radius 3 is 2.41 bits per heavy atom. The van der Waals surface area contributed by atoms with Crippen LogP contribution in [0.3, 0.4) is 0 Å². The van der Waals surface area contributed by atoms with Crippen molar-refractivity contribution in [1.82, 2.24) is 4.90 Å². The van der Waals surface area contributed by atoms with E-state index < -0.39 is 0 Å². The molecule has 0 heterocycles. The fourth-order valence-electron chi connectivity index (χ4n) is 2.22. The van der Waals surface area contributed by atoms with E-state index in [0.717, 1.165) is 24.8 Å². The van der Waals surface area contributed by atoms with Crippen LogP contribution >= 0.6 is 0 Å². The third kappa shape index (κ3) is 3.32. The summed E-state index contributed by atoms with van der Waals surface area (Å²) in [6, 6.07) is 8.01. The van der Waals surface area contributed by atoms with Gasteiger partial charge < -0.3 is 4.90 Å². The van der Waals surface area contributed by atoms with E-state index in [2.05, 4.69) is 19.9 Å². The molecule has 0 aliphatic carbocycles. The third-order valence-electron chi connectivity index (χ3n) is 3.17. The van der Waals surface area contributed by atoms with Crippen LogP contribution in [0.5, 0.6) is 0 Å². The molecule has 0 saturated heterocycles. The Kier molecular flexibility index (Phi) is 5.20. The summed E-state index contributed by atoms with van der Waals surface area (Å²) in [5.74, 6) is 0.607. The molecule has 0 aromatic heterocycles. The van der Waals surface area contributed by atoms with E-state index in [9.17, 15) is 4.79 Å². The number of benzene rings is 1. The van der Waals surface area contributed by atoms with Gasteiger partial charge in [0.25, 0.3) is 5.91 Å². The van der Waals surface area contributed by atoms with E-state index >= 15 is 0 Å². The molecule has 1 rings (SSSR count). The van der Waals surface area contributed by atoms with Gasteiger partial charge >= 0.3 is 0 Å². The largest absolute Gasteiger partial charge is 0.345 e. The van der Waals surface area contributed by atoms with E-state index in [1.165, 1.54) is 5.56 Å². The van der Waals surface area contributed by atoms with Crippen LogP contribution in [-0.2, 0) is 0 Å². The lowest BCUT2D eigenvalue weighted by Gasteiger charge is -2.20. The molecule has 0 bridgehead atoms. The van der Waals surface area contributed by atoms with Gasteiger partial charge in [0.1, 0.15) is 0 Å². The van der Waals surface area contributed by atoms with Crippen molar-refractivity contribution in [2.75, 3.05) is 14.1 Å². The van der Waals surface area contributed by atoms with Crippen molar-refractivity contribution in [2.24, 2.45) is 0 Å². The maximum atomic E-state index is 12.1. The lowest BCUT2D eigenvalue weighted by Crippen LogP contribution is -2.23. The highest BCUT2D eigenvalue weighted by molar-refractivity contribution is 5.95. The first-order valence-electron chi connectivity index (χ1n) is 6.42. The molecule has 17 heavy (non-hydrogen) atoms. The number of nitrogens with zero attached hydrogens (tertiary/aromatic N) is 1. The summed E-state index contributed by atoms with van der Waals surface area (Å²) in [5.41, 5.74) is 2.06. The molecular weight excluding hydrogens is 210 g/mol. The molecule has 0 fully saturated rings. The molecule has 0 N–H and O–H groups in total. The molecule has 0 aliphatic rings. The summed E-state index contributed by atoms with van der Waals surface area (Å²) in [4.78, 5) is 13.8. The lowest BCUT2D eigenvalue weighted by atomic mass is 9.88. The normalized spacial score (nSPS) is 12.2. The Bertz CT molecular complexity index is 371. The van der Waals surface area contributed by atoms with Gasteiger partial charge in [-0.3, -0.25) is 4.79 Å². The summed E-state index contributed by atoms with van der Waals surface area (Å²) < 4.78 is 0. The predicted octanol–water partition coefficient (Wildman–Crippen LogP) is 3.68. The number of carbonyl (C=O) groups is 1. The molecule has 94 valence electrons. The Hall–Kier alpha value is -1.31. The third-order valence-corrected chi connectivity index (χ3v) is 3.17. The van der Waals surface area contributed by atoms with Crippen molar-refractivity contribution < 1.29 is 4.79 Å². The maximum absolute atomic E-state index is 12.1. The zero-order chi connectivity index (χ0) is 12.8. The number of amides is 1. The first kappa shape index (κ1) is 13.8. The van der Waals surface area contributed by atoms with Gasteiger partial charge in [-0.1, -0.05) is 38.5 Å². The second kappa shape index (κ2) is 6.43. The average molecular weight is 233 g/mol. The Morgan fingerprint density at radius 2 is 1.88 bits per heavy atom. The minimum atomic E-state index is 0.107. The fourth-order valence-corrected chi connectivity index (χ4v) is 2.22. The Labute approximate surface area is 105 Å². The quantitative estimate of drug-likeness (QED) is 0.759. The van der Waals surface area contributed by atoms with E-state index in [1.54, 1.807) is 19.0 Å². The van der Waals surface area contributed by atoms with Crippen LogP contribution < -0.4 is 0 Å². The molecule has 1 aromatic rings. The number of carbonyl (C=O) groups excluding carboxylic acids is 1. The van der Waals surface area contributed by atoms with Crippen LogP contribution in [0.25, 0.3) is 0 Å². The molecule has 2 nitrogen and oxygen atoms in total. The Balaban J connectivity index is 3.10. The number of hydrogen-bond donors (Lipinski definition) is 0. The standard InChI is InChI=1S/C15H23NO/c1-5-9-12(6-2)13-10-7-8-11-14(13)15(17)16(3)4/h7-8,10-12H,5-6,9H2,1-4H3. The molecule has 2 heteroatoms. The van der Waals surface area contributed by atoms with Crippen LogP contribution in [0.4, 0.5) is 0 Å². The molecule has 0 saturated carbocycles. The molecule has 1 aromatic carbocycles. The molecular formula is C15H23NO. The van der Waals surface area contributed by atoms with Crippen molar-refractivity contribution >= 4 is 5.91 Å². The van der Waals surface area contributed by atoms with Crippen LogP contribution in [0.2, 0.25) is 0 Å². The van der Waals surface area contributed by atoms with Gasteiger partial charge in [0.05, 0.1) is 0 Å². The van der Waals surface area contributed by atoms with Crippen molar-refractivity contribution in [3.05, 3.63) is 35.4 Å². The van der Waals surface area contributed by atoms with Gasteiger partial charge in [-0.05, 0) is 30.4 Å². The van der Waals surface area contributed by atoms with Crippen molar-refractivity contribution in [1.29, 1.82) is 0 Å².